The molecule has 0 aliphatic rings. The zero-order valence-corrected chi connectivity index (χ0v) is 10.6. The first-order chi connectivity index (χ1) is 8.60. The smallest absolute Gasteiger partial charge is 0.237 e. The van der Waals surface area contributed by atoms with Crippen molar-refractivity contribution in [3.05, 3.63) is 46.3 Å². The number of hydrogen-bond donors (Lipinski definition) is 1. The van der Waals surface area contributed by atoms with Crippen molar-refractivity contribution in [3.63, 3.8) is 0 Å². The predicted molar refractivity (Wildman–Crippen MR) is 67.5 cm³/mol. The fourth-order valence-corrected chi connectivity index (χ4v) is 1.63. The Morgan fingerprint density at radius 2 is 2.17 bits per heavy atom. The molecule has 1 heterocycles. The van der Waals surface area contributed by atoms with Crippen LogP contribution in [0.5, 0.6) is 11.6 Å². The highest BCUT2D eigenvalue weighted by Gasteiger charge is 2.10. The Hall–Kier alpha value is -2.13. The van der Waals surface area contributed by atoms with Crippen LogP contribution in [0.1, 0.15) is 5.56 Å². The number of anilines is 1. The normalized spacial score (nSPS) is 9.83. The van der Waals surface area contributed by atoms with E-state index in [1.165, 1.54) is 24.4 Å². The molecular formula is C12H7BrFN3O. The van der Waals surface area contributed by atoms with E-state index in [0.717, 1.165) is 0 Å². The van der Waals surface area contributed by atoms with Crippen LogP contribution in [0.25, 0.3) is 0 Å². The number of pyridine rings is 1. The standard InChI is InChI=1S/C12H7BrFN3O/c13-8-1-2-11(10(14)4-8)18-12-7(5-15)3-9(16)6-17-12/h1-4,6H,16H2. The summed E-state index contributed by atoms with van der Waals surface area (Å²) >= 11 is 3.14. The maximum absolute atomic E-state index is 13.6. The molecule has 2 rings (SSSR count). The second-order valence-corrected chi connectivity index (χ2v) is 4.33. The molecule has 0 fully saturated rings. The molecule has 0 saturated heterocycles. The topological polar surface area (TPSA) is 71.9 Å². The van der Waals surface area contributed by atoms with Gasteiger partial charge in [0.15, 0.2) is 11.6 Å². The Kier molecular flexibility index (Phi) is 3.44. The minimum atomic E-state index is -0.549. The first-order valence-corrected chi connectivity index (χ1v) is 5.68. The molecule has 0 bridgehead atoms. The molecular weight excluding hydrogens is 301 g/mol. The van der Waals surface area contributed by atoms with Gasteiger partial charge in [0.05, 0.1) is 11.9 Å². The highest BCUT2D eigenvalue weighted by Crippen LogP contribution is 2.28. The van der Waals surface area contributed by atoms with E-state index in [-0.39, 0.29) is 17.2 Å². The molecule has 0 unspecified atom stereocenters. The molecule has 0 aliphatic carbocycles. The number of nitriles is 1. The first kappa shape index (κ1) is 12.3. The average molecular weight is 308 g/mol. The molecule has 0 spiro atoms. The number of halogens is 2. The van der Waals surface area contributed by atoms with Gasteiger partial charge in [-0.25, -0.2) is 9.37 Å². The van der Waals surface area contributed by atoms with Crippen LogP contribution in [0, 0.1) is 17.1 Å². The maximum Gasteiger partial charge on any atom is 0.237 e. The third kappa shape index (κ3) is 2.57. The molecule has 6 heteroatoms. The van der Waals surface area contributed by atoms with Gasteiger partial charge in [0.2, 0.25) is 5.88 Å². The van der Waals surface area contributed by atoms with Crippen LogP contribution in [0.15, 0.2) is 34.9 Å². The number of rotatable bonds is 2. The number of benzene rings is 1. The minimum Gasteiger partial charge on any atom is -0.435 e. The molecule has 2 aromatic rings. The highest BCUT2D eigenvalue weighted by atomic mass is 79.9. The third-order valence-electron chi connectivity index (χ3n) is 2.09. The molecule has 90 valence electrons. The number of nitrogens with two attached hydrogens (primary N) is 1. The van der Waals surface area contributed by atoms with E-state index in [1.807, 2.05) is 6.07 Å². The van der Waals surface area contributed by atoms with E-state index >= 15 is 0 Å². The van der Waals surface area contributed by atoms with Gasteiger partial charge in [-0.15, -0.1) is 0 Å². The quantitative estimate of drug-likeness (QED) is 0.924. The Morgan fingerprint density at radius 1 is 1.39 bits per heavy atom. The van der Waals surface area contributed by atoms with Gasteiger partial charge >= 0.3 is 0 Å². The average Bonchev–Trinajstić information content (AvgIpc) is 2.34. The summed E-state index contributed by atoms with van der Waals surface area (Å²) in [6.07, 6.45) is 1.34. The number of nitrogens with zero attached hydrogens (tertiary/aromatic N) is 2. The fraction of sp³-hybridized carbons (Fsp3) is 0. The molecule has 4 nitrogen and oxygen atoms in total. The summed E-state index contributed by atoms with van der Waals surface area (Å²) in [4.78, 5) is 3.86. The van der Waals surface area contributed by atoms with Crippen LogP contribution in [-0.4, -0.2) is 4.98 Å². The van der Waals surface area contributed by atoms with E-state index in [2.05, 4.69) is 20.9 Å². The van der Waals surface area contributed by atoms with Gasteiger partial charge < -0.3 is 10.5 Å². The van der Waals surface area contributed by atoms with Crippen LogP contribution in [0.3, 0.4) is 0 Å². The number of hydrogen-bond acceptors (Lipinski definition) is 4. The van der Waals surface area contributed by atoms with Gasteiger partial charge in [-0.2, -0.15) is 5.26 Å². The lowest BCUT2D eigenvalue weighted by atomic mass is 10.2. The van der Waals surface area contributed by atoms with Crippen molar-refractivity contribution in [1.29, 1.82) is 5.26 Å². The summed E-state index contributed by atoms with van der Waals surface area (Å²) in [7, 11) is 0. The molecule has 18 heavy (non-hydrogen) atoms. The minimum absolute atomic E-state index is 0.00743. The van der Waals surface area contributed by atoms with Gasteiger partial charge in [0, 0.05) is 4.47 Å². The second kappa shape index (κ2) is 5.02. The van der Waals surface area contributed by atoms with Gasteiger partial charge in [0.1, 0.15) is 11.6 Å². The van der Waals surface area contributed by atoms with Crippen LogP contribution in [-0.2, 0) is 0 Å². The lowest BCUT2D eigenvalue weighted by molar-refractivity contribution is 0.426. The van der Waals surface area contributed by atoms with Crippen LogP contribution >= 0.6 is 15.9 Å². The van der Waals surface area contributed by atoms with E-state index in [1.54, 1.807) is 6.07 Å². The molecule has 1 aromatic heterocycles. The molecule has 0 radical (unpaired) electrons. The van der Waals surface area contributed by atoms with Crippen molar-refractivity contribution < 1.29 is 9.13 Å². The summed E-state index contributed by atoms with van der Waals surface area (Å²) < 4.78 is 19.4. The maximum atomic E-state index is 13.6. The largest absolute Gasteiger partial charge is 0.435 e. The number of ether oxygens (including phenoxy) is 1. The summed E-state index contributed by atoms with van der Waals surface area (Å²) in [6, 6.07) is 7.64. The molecule has 0 atom stereocenters. The van der Waals surface area contributed by atoms with Gasteiger partial charge in [-0.3, -0.25) is 0 Å². The Morgan fingerprint density at radius 3 is 2.83 bits per heavy atom. The lowest BCUT2D eigenvalue weighted by Crippen LogP contribution is -1.96. The van der Waals surface area contributed by atoms with Crippen molar-refractivity contribution in [2.45, 2.75) is 0 Å². The molecule has 2 N–H and O–H groups in total. The zero-order valence-electron chi connectivity index (χ0n) is 9.02. The predicted octanol–water partition coefficient (Wildman–Crippen LogP) is 3.23. The van der Waals surface area contributed by atoms with Gasteiger partial charge in [-0.05, 0) is 24.3 Å². The summed E-state index contributed by atoms with van der Waals surface area (Å²) in [6.45, 7) is 0. The van der Waals surface area contributed by atoms with E-state index in [0.29, 0.717) is 10.2 Å². The summed E-state index contributed by atoms with van der Waals surface area (Å²) in [5, 5.41) is 8.91. The number of nitrogen functional groups attached to an aromatic ring is 1. The van der Waals surface area contributed by atoms with Gasteiger partial charge in [-0.1, -0.05) is 15.9 Å². The van der Waals surface area contributed by atoms with Crippen LogP contribution in [0.4, 0.5) is 10.1 Å². The second-order valence-electron chi connectivity index (χ2n) is 3.41. The molecule has 1 aromatic carbocycles. The fourth-order valence-electron chi connectivity index (χ4n) is 1.29. The van der Waals surface area contributed by atoms with E-state index in [9.17, 15) is 4.39 Å². The Bertz CT molecular complexity index is 640. The summed E-state index contributed by atoms with van der Waals surface area (Å²) in [5.41, 5.74) is 5.99. The first-order valence-electron chi connectivity index (χ1n) is 4.88. The summed E-state index contributed by atoms with van der Waals surface area (Å²) in [5.74, 6) is -0.535. The highest BCUT2D eigenvalue weighted by molar-refractivity contribution is 9.10. The Balaban J connectivity index is 2.37. The zero-order chi connectivity index (χ0) is 13.1. The van der Waals surface area contributed by atoms with Crippen molar-refractivity contribution in [3.8, 4) is 17.7 Å². The van der Waals surface area contributed by atoms with Crippen molar-refractivity contribution in [1.82, 2.24) is 4.98 Å². The van der Waals surface area contributed by atoms with Crippen molar-refractivity contribution >= 4 is 21.6 Å². The number of aromatic nitrogens is 1. The van der Waals surface area contributed by atoms with Gasteiger partial charge in [0.25, 0.3) is 0 Å². The van der Waals surface area contributed by atoms with E-state index < -0.39 is 5.82 Å². The molecule has 0 amide bonds. The molecule has 0 saturated carbocycles. The van der Waals surface area contributed by atoms with E-state index in [4.69, 9.17) is 15.7 Å². The molecule has 0 aliphatic heterocycles. The Labute approximate surface area is 111 Å². The SMILES string of the molecule is N#Cc1cc(N)cnc1Oc1ccc(Br)cc1F. The third-order valence-corrected chi connectivity index (χ3v) is 2.59. The van der Waals surface area contributed by atoms with Crippen LogP contribution in [0.2, 0.25) is 0 Å². The van der Waals surface area contributed by atoms with Crippen LogP contribution < -0.4 is 10.5 Å². The van der Waals surface area contributed by atoms with Crippen molar-refractivity contribution in [2.24, 2.45) is 0 Å². The lowest BCUT2D eigenvalue weighted by Gasteiger charge is -2.07. The monoisotopic (exact) mass is 307 g/mol. The van der Waals surface area contributed by atoms with Crippen molar-refractivity contribution in [2.75, 3.05) is 5.73 Å².